The predicted octanol–water partition coefficient (Wildman–Crippen LogP) is 0.784. The first-order valence-corrected chi connectivity index (χ1v) is 4.46. The summed E-state index contributed by atoms with van der Waals surface area (Å²) in [5, 5.41) is 11.3. The summed E-state index contributed by atoms with van der Waals surface area (Å²) < 4.78 is 35.7. The number of aliphatic hydroxyl groups is 1. The normalized spacial score (nSPS) is 13.5. The molecule has 0 spiro atoms. The van der Waals surface area contributed by atoms with Crippen molar-refractivity contribution >= 4 is 11.6 Å². The molecule has 1 heterocycles. The summed E-state index contributed by atoms with van der Waals surface area (Å²) in [6, 6.07) is 1.39. The Labute approximate surface area is 89.5 Å². The quantitative estimate of drug-likeness (QED) is 0.719. The Balaban J connectivity index is 2.36. The number of nitrogens with zero attached hydrogens (tertiary/aromatic N) is 2. The highest BCUT2D eigenvalue weighted by Gasteiger charge is 2.37. The standard InChI is InChI=1S/C8H11F3N4O/c9-8(10,11)5(16)1-2-13-7-3-6(12)14-4-15-7/h3-5,16H,1-2H2,(H3,12,13,14,15). The zero-order chi connectivity index (χ0) is 12.2. The molecule has 1 rings (SSSR count). The Kier molecular flexibility index (Phi) is 3.88. The lowest BCUT2D eigenvalue weighted by atomic mass is 10.2. The summed E-state index contributed by atoms with van der Waals surface area (Å²) in [7, 11) is 0. The first kappa shape index (κ1) is 12.5. The first-order valence-electron chi connectivity index (χ1n) is 4.46. The number of hydrogen-bond acceptors (Lipinski definition) is 5. The Morgan fingerprint density at radius 1 is 1.44 bits per heavy atom. The van der Waals surface area contributed by atoms with Gasteiger partial charge in [0.05, 0.1) is 0 Å². The number of nitrogen functional groups attached to an aromatic ring is 1. The lowest BCUT2D eigenvalue weighted by Crippen LogP contribution is -2.30. The molecule has 0 radical (unpaired) electrons. The van der Waals surface area contributed by atoms with Gasteiger partial charge in [0.25, 0.3) is 0 Å². The van der Waals surface area contributed by atoms with Crippen LogP contribution in [0.1, 0.15) is 6.42 Å². The average Bonchev–Trinajstić information content (AvgIpc) is 2.16. The maximum Gasteiger partial charge on any atom is 0.414 e. The number of aliphatic hydroxyl groups excluding tert-OH is 1. The molecular formula is C8H11F3N4O. The molecule has 5 nitrogen and oxygen atoms in total. The number of alkyl halides is 3. The predicted molar refractivity (Wildman–Crippen MR) is 51.6 cm³/mol. The minimum atomic E-state index is -4.59. The van der Waals surface area contributed by atoms with Crippen molar-refractivity contribution in [3.05, 3.63) is 12.4 Å². The maximum atomic E-state index is 11.9. The molecule has 1 aromatic heterocycles. The SMILES string of the molecule is Nc1cc(NCCC(O)C(F)(F)F)ncn1. The van der Waals surface area contributed by atoms with Crippen molar-refractivity contribution in [2.45, 2.75) is 18.7 Å². The molecule has 1 unspecified atom stereocenters. The van der Waals surface area contributed by atoms with E-state index in [-0.39, 0.29) is 12.4 Å². The van der Waals surface area contributed by atoms with E-state index in [0.29, 0.717) is 5.82 Å². The van der Waals surface area contributed by atoms with Gasteiger partial charge in [-0.2, -0.15) is 13.2 Å². The van der Waals surface area contributed by atoms with Crippen LogP contribution >= 0.6 is 0 Å². The van der Waals surface area contributed by atoms with Crippen molar-refractivity contribution in [3.8, 4) is 0 Å². The van der Waals surface area contributed by atoms with Crippen LogP contribution in [-0.4, -0.2) is 33.9 Å². The second-order valence-corrected chi connectivity index (χ2v) is 3.10. The van der Waals surface area contributed by atoms with Crippen molar-refractivity contribution in [1.82, 2.24) is 9.97 Å². The number of anilines is 2. The van der Waals surface area contributed by atoms with Gasteiger partial charge in [-0.3, -0.25) is 0 Å². The van der Waals surface area contributed by atoms with Crippen LogP contribution in [0, 0.1) is 0 Å². The third-order valence-electron chi connectivity index (χ3n) is 1.79. The van der Waals surface area contributed by atoms with Gasteiger partial charge in [-0.1, -0.05) is 0 Å². The number of nitrogens with one attached hydrogen (secondary N) is 1. The summed E-state index contributed by atoms with van der Waals surface area (Å²) in [5.41, 5.74) is 5.34. The van der Waals surface area contributed by atoms with Gasteiger partial charge in [-0.15, -0.1) is 0 Å². The summed E-state index contributed by atoms with van der Waals surface area (Å²) >= 11 is 0. The van der Waals surface area contributed by atoms with Gasteiger partial charge in [0.2, 0.25) is 0 Å². The lowest BCUT2D eigenvalue weighted by Gasteiger charge is -2.14. The zero-order valence-electron chi connectivity index (χ0n) is 8.20. The third-order valence-corrected chi connectivity index (χ3v) is 1.79. The van der Waals surface area contributed by atoms with Gasteiger partial charge >= 0.3 is 6.18 Å². The lowest BCUT2D eigenvalue weighted by molar-refractivity contribution is -0.204. The van der Waals surface area contributed by atoms with Crippen LogP contribution < -0.4 is 11.1 Å². The number of hydrogen-bond donors (Lipinski definition) is 3. The van der Waals surface area contributed by atoms with Gasteiger partial charge in [-0.05, 0) is 6.42 Å². The fourth-order valence-corrected chi connectivity index (χ4v) is 0.970. The van der Waals surface area contributed by atoms with Crippen LogP contribution in [0.3, 0.4) is 0 Å². The van der Waals surface area contributed by atoms with Crippen LogP contribution in [0.25, 0.3) is 0 Å². The van der Waals surface area contributed by atoms with Gasteiger partial charge in [0.1, 0.15) is 18.0 Å². The molecule has 0 aliphatic heterocycles. The van der Waals surface area contributed by atoms with Crippen LogP contribution in [0.15, 0.2) is 12.4 Å². The van der Waals surface area contributed by atoms with Crippen molar-refractivity contribution in [2.24, 2.45) is 0 Å². The van der Waals surface area contributed by atoms with E-state index in [9.17, 15) is 13.2 Å². The second-order valence-electron chi connectivity index (χ2n) is 3.10. The fraction of sp³-hybridized carbons (Fsp3) is 0.500. The molecule has 0 aliphatic carbocycles. The number of halogens is 3. The Bertz CT molecular complexity index is 344. The summed E-state index contributed by atoms with van der Waals surface area (Å²) in [6.45, 7) is -0.0584. The fourth-order valence-electron chi connectivity index (χ4n) is 0.970. The van der Waals surface area contributed by atoms with Crippen molar-refractivity contribution in [1.29, 1.82) is 0 Å². The largest absolute Gasteiger partial charge is 0.414 e. The van der Waals surface area contributed by atoms with Crippen LogP contribution in [-0.2, 0) is 0 Å². The molecule has 0 amide bonds. The Morgan fingerprint density at radius 3 is 2.69 bits per heavy atom. The summed E-state index contributed by atoms with van der Waals surface area (Å²) in [4.78, 5) is 7.35. The molecule has 0 saturated heterocycles. The second kappa shape index (κ2) is 4.97. The Hall–Kier alpha value is -1.57. The van der Waals surface area contributed by atoms with E-state index < -0.39 is 18.7 Å². The molecule has 1 aromatic rings. The minimum Gasteiger partial charge on any atom is -0.384 e. The number of nitrogens with two attached hydrogens (primary N) is 1. The van der Waals surface area contributed by atoms with Crippen molar-refractivity contribution in [3.63, 3.8) is 0 Å². The molecule has 90 valence electrons. The topological polar surface area (TPSA) is 84.1 Å². The van der Waals surface area contributed by atoms with E-state index in [2.05, 4.69) is 15.3 Å². The molecule has 4 N–H and O–H groups in total. The van der Waals surface area contributed by atoms with Gasteiger partial charge < -0.3 is 16.2 Å². The van der Waals surface area contributed by atoms with Crippen LogP contribution in [0.4, 0.5) is 24.8 Å². The highest BCUT2D eigenvalue weighted by Crippen LogP contribution is 2.22. The van der Waals surface area contributed by atoms with E-state index in [1.54, 1.807) is 0 Å². The first-order chi connectivity index (χ1) is 7.39. The molecule has 16 heavy (non-hydrogen) atoms. The molecule has 0 saturated carbocycles. The number of aromatic nitrogens is 2. The van der Waals surface area contributed by atoms with E-state index >= 15 is 0 Å². The monoisotopic (exact) mass is 236 g/mol. The summed E-state index contributed by atoms with van der Waals surface area (Å²) in [5.74, 6) is 0.538. The van der Waals surface area contributed by atoms with E-state index in [4.69, 9.17) is 10.8 Å². The van der Waals surface area contributed by atoms with E-state index in [1.165, 1.54) is 12.4 Å². The highest BCUT2D eigenvalue weighted by molar-refractivity contribution is 5.43. The molecular weight excluding hydrogens is 225 g/mol. The summed E-state index contributed by atoms with van der Waals surface area (Å²) in [6.07, 6.45) is -6.18. The van der Waals surface area contributed by atoms with Gasteiger partial charge in [0, 0.05) is 12.6 Å². The van der Waals surface area contributed by atoms with Crippen LogP contribution in [0.2, 0.25) is 0 Å². The highest BCUT2D eigenvalue weighted by atomic mass is 19.4. The molecule has 0 fully saturated rings. The Morgan fingerprint density at radius 2 is 2.12 bits per heavy atom. The maximum absolute atomic E-state index is 11.9. The smallest absolute Gasteiger partial charge is 0.384 e. The molecule has 1 atom stereocenters. The van der Waals surface area contributed by atoms with Gasteiger partial charge in [0.15, 0.2) is 6.10 Å². The minimum absolute atomic E-state index is 0.0584. The van der Waals surface area contributed by atoms with Crippen molar-refractivity contribution in [2.75, 3.05) is 17.6 Å². The number of rotatable bonds is 4. The average molecular weight is 236 g/mol. The molecule has 0 aliphatic rings. The molecule has 8 heteroatoms. The third kappa shape index (κ3) is 3.89. The molecule has 0 bridgehead atoms. The van der Waals surface area contributed by atoms with Gasteiger partial charge in [-0.25, -0.2) is 9.97 Å². The van der Waals surface area contributed by atoms with Crippen LogP contribution in [0.5, 0.6) is 0 Å². The van der Waals surface area contributed by atoms with Crippen molar-refractivity contribution < 1.29 is 18.3 Å². The van der Waals surface area contributed by atoms with E-state index in [1.807, 2.05) is 0 Å². The zero-order valence-corrected chi connectivity index (χ0v) is 8.20. The molecule has 0 aromatic carbocycles. The van der Waals surface area contributed by atoms with E-state index in [0.717, 1.165) is 0 Å².